The maximum atomic E-state index is 5.63. The molecule has 2 aliphatic rings. The number of rotatable bonds is 5. The van der Waals surface area contributed by atoms with E-state index < -0.39 is 0 Å². The highest BCUT2D eigenvalue weighted by Crippen LogP contribution is 2.27. The molecule has 21 heavy (non-hydrogen) atoms. The van der Waals surface area contributed by atoms with E-state index in [1.165, 1.54) is 24.1 Å². The van der Waals surface area contributed by atoms with Gasteiger partial charge in [0.15, 0.2) is 0 Å². The van der Waals surface area contributed by atoms with Crippen LogP contribution < -0.4 is 10.2 Å². The lowest BCUT2D eigenvalue weighted by atomic mass is 10.0. The molecule has 1 saturated carbocycles. The third-order valence-electron chi connectivity index (χ3n) is 4.38. The number of pyridine rings is 1. The summed E-state index contributed by atoms with van der Waals surface area (Å²) in [6.45, 7) is 10.1. The Kier molecular flexibility index (Phi) is 4.18. The number of nitrogens with zero attached hydrogens (tertiary/aromatic N) is 2. The van der Waals surface area contributed by atoms with Gasteiger partial charge in [-0.05, 0) is 50.8 Å². The van der Waals surface area contributed by atoms with Gasteiger partial charge in [0.05, 0.1) is 18.8 Å². The highest BCUT2D eigenvalue weighted by molar-refractivity contribution is 5.46. The van der Waals surface area contributed by atoms with Crippen LogP contribution in [0, 0.1) is 0 Å². The molecule has 0 bridgehead atoms. The van der Waals surface area contributed by atoms with Gasteiger partial charge in [-0.1, -0.05) is 6.92 Å². The van der Waals surface area contributed by atoms with Gasteiger partial charge in [-0.2, -0.15) is 0 Å². The molecule has 3 rings (SSSR count). The quantitative estimate of drug-likeness (QED) is 0.904. The summed E-state index contributed by atoms with van der Waals surface area (Å²) < 4.78 is 5.63. The van der Waals surface area contributed by atoms with Crippen molar-refractivity contribution in [3.63, 3.8) is 0 Å². The number of aryl methyl sites for hydroxylation is 1. The number of nitrogens with one attached hydrogen (secondary N) is 1. The first-order chi connectivity index (χ1) is 10.1. The number of morpholine rings is 1. The Morgan fingerprint density at radius 2 is 2.19 bits per heavy atom. The predicted molar refractivity (Wildman–Crippen MR) is 85.7 cm³/mol. The second kappa shape index (κ2) is 5.93. The molecular formula is C17H27N3O. The third kappa shape index (κ3) is 3.55. The van der Waals surface area contributed by atoms with E-state index in [1.54, 1.807) is 0 Å². The second-order valence-corrected chi connectivity index (χ2v) is 6.85. The summed E-state index contributed by atoms with van der Waals surface area (Å²) in [6.07, 6.45) is 3.64. The normalized spacial score (nSPS) is 21.6. The van der Waals surface area contributed by atoms with Crippen molar-refractivity contribution in [3.8, 4) is 0 Å². The zero-order chi connectivity index (χ0) is 14.9. The van der Waals surface area contributed by atoms with Crippen molar-refractivity contribution >= 4 is 5.82 Å². The molecule has 0 unspecified atom stereocenters. The highest BCUT2D eigenvalue weighted by Gasteiger charge is 2.31. The second-order valence-electron chi connectivity index (χ2n) is 6.85. The molecule has 0 radical (unpaired) electrons. The fourth-order valence-electron chi connectivity index (χ4n) is 2.89. The number of hydrogen-bond donors (Lipinski definition) is 1. The lowest BCUT2D eigenvalue weighted by molar-refractivity contribution is 0.0639. The SMILES string of the molecule is CCc1cc(CNC2CC2)cc(N2CCOCC2(C)C)n1. The maximum Gasteiger partial charge on any atom is 0.129 e. The molecule has 1 aliphatic heterocycles. The van der Waals surface area contributed by atoms with Gasteiger partial charge in [-0.25, -0.2) is 4.98 Å². The number of aromatic nitrogens is 1. The lowest BCUT2D eigenvalue weighted by Gasteiger charge is -2.43. The molecule has 0 atom stereocenters. The third-order valence-corrected chi connectivity index (χ3v) is 4.38. The first-order valence-corrected chi connectivity index (χ1v) is 8.17. The van der Waals surface area contributed by atoms with Crippen molar-refractivity contribution in [2.75, 3.05) is 24.7 Å². The Hall–Kier alpha value is -1.13. The summed E-state index contributed by atoms with van der Waals surface area (Å²) in [5.74, 6) is 1.11. The average molecular weight is 289 g/mol. The molecule has 1 aromatic rings. The fraction of sp³-hybridized carbons (Fsp3) is 0.706. The van der Waals surface area contributed by atoms with Crippen LogP contribution in [0.4, 0.5) is 5.82 Å². The van der Waals surface area contributed by atoms with E-state index in [-0.39, 0.29) is 5.54 Å². The van der Waals surface area contributed by atoms with Gasteiger partial charge in [0.25, 0.3) is 0 Å². The molecule has 116 valence electrons. The van der Waals surface area contributed by atoms with Gasteiger partial charge in [0, 0.05) is 24.8 Å². The molecule has 1 N–H and O–H groups in total. The van der Waals surface area contributed by atoms with Crippen LogP contribution in [0.1, 0.15) is 44.9 Å². The van der Waals surface area contributed by atoms with Crippen LogP contribution >= 0.6 is 0 Å². The Balaban J connectivity index is 1.83. The number of ether oxygens (including phenoxy) is 1. The van der Waals surface area contributed by atoms with Crippen LogP contribution in [0.3, 0.4) is 0 Å². The zero-order valence-electron chi connectivity index (χ0n) is 13.5. The topological polar surface area (TPSA) is 37.4 Å². The molecule has 2 fully saturated rings. The minimum Gasteiger partial charge on any atom is -0.377 e. The molecule has 1 saturated heterocycles. The first kappa shape index (κ1) is 14.8. The predicted octanol–water partition coefficient (Wildman–Crippen LogP) is 2.51. The van der Waals surface area contributed by atoms with Crippen LogP contribution in [-0.4, -0.2) is 36.3 Å². The molecule has 4 nitrogen and oxygen atoms in total. The van der Waals surface area contributed by atoms with Crippen LogP contribution in [0.5, 0.6) is 0 Å². The number of anilines is 1. The molecule has 2 heterocycles. The highest BCUT2D eigenvalue weighted by atomic mass is 16.5. The lowest BCUT2D eigenvalue weighted by Crippen LogP contribution is -2.53. The summed E-state index contributed by atoms with van der Waals surface area (Å²) in [4.78, 5) is 7.26. The Labute approximate surface area is 127 Å². The largest absolute Gasteiger partial charge is 0.377 e. The molecule has 4 heteroatoms. The van der Waals surface area contributed by atoms with Crippen LogP contribution in [0.2, 0.25) is 0 Å². The summed E-state index contributed by atoms with van der Waals surface area (Å²) >= 11 is 0. The summed E-state index contributed by atoms with van der Waals surface area (Å²) in [5, 5.41) is 3.60. The van der Waals surface area contributed by atoms with E-state index in [0.29, 0.717) is 0 Å². The van der Waals surface area contributed by atoms with Gasteiger partial charge < -0.3 is 15.0 Å². The van der Waals surface area contributed by atoms with Crippen molar-refractivity contribution < 1.29 is 4.74 Å². The van der Waals surface area contributed by atoms with Gasteiger partial charge in [-0.15, -0.1) is 0 Å². The molecule has 0 spiro atoms. The van der Waals surface area contributed by atoms with E-state index >= 15 is 0 Å². The van der Waals surface area contributed by atoms with Crippen molar-refractivity contribution in [2.45, 2.75) is 58.2 Å². The standard InChI is InChI=1S/C17H27N3O/c1-4-14-9-13(11-18-15-5-6-15)10-16(19-14)20-7-8-21-12-17(20,2)3/h9-10,15,18H,4-8,11-12H2,1-3H3. The minimum absolute atomic E-state index is 0.0127. The summed E-state index contributed by atoms with van der Waals surface area (Å²) in [7, 11) is 0. The fourth-order valence-corrected chi connectivity index (χ4v) is 2.89. The average Bonchev–Trinajstić information content (AvgIpc) is 3.28. The smallest absolute Gasteiger partial charge is 0.129 e. The van der Waals surface area contributed by atoms with E-state index in [9.17, 15) is 0 Å². The monoisotopic (exact) mass is 289 g/mol. The van der Waals surface area contributed by atoms with E-state index in [0.717, 1.165) is 44.6 Å². The minimum atomic E-state index is 0.0127. The zero-order valence-corrected chi connectivity index (χ0v) is 13.5. The Morgan fingerprint density at radius 3 is 2.86 bits per heavy atom. The van der Waals surface area contributed by atoms with Crippen molar-refractivity contribution in [1.82, 2.24) is 10.3 Å². The van der Waals surface area contributed by atoms with Crippen molar-refractivity contribution in [1.29, 1.82) is 0 Å². The molecular weight excluding hydrogens is 262 g/mol. The Morgan fingerprint density at radius 1 is 1.38 bits per heavy atom. The van der Waals surface area contributed by atoms with Crippen LogP contribution in [0.25, 0.3) is 0 Å². The van der Waals surface area contributed by atoms with Gasteiger partial charge >= 0.3 is 0 Å². The molecule has 0 amide bonds. The van der Waals surface area contributed by atoms with Crippen LogP contribution in [-0.2, 0) is 17.7 Å². The summed E-state index contributed by atoms with van der Waals surface area (Å²) in [6, 6.07) is 5.24. The molecule has 1 aromatic heterocycles. The van der Waals surface area contributed by atoms with Gasteiger partial charge in [-0.3, -0.25) is 0 Å². The summed E-state index contributed by atoms with van der Waals surface area (Å²) in [5.41, 5.74) is 2.55. The van der Waals surface area contributed by atoms with E-state index in [2.05, 4.69) is 43.1 Å². The maximum absolute atomic E-state index is 5.63. The van der Waals surface area contributed by atoms with Gasteiger partial charge in [0.1, 0.15) is 5.82 Å². The van der Waals surface area contributed by atoms with Gasteiger partial charge in [0.2, 0.25) is 0 Å². The van der Waals surface area contributed by atoms with Crippen molar-refractivity contribution in [2.24, 2.45) is 0 Å². The Bertz CT molecular complexity index is 497. The van der Waals surface area contributed by atoms with E-state index in [4.69, 9.17) is 9.72 Å². The van der Waals surface area contributed by atoms with Crippen molar-refractivity contribution in [3.05, 3.63) is 23.4 Å². The number of hydrogen-bond acceptors (Lipinski definition) is 4. The first-order valence-electron chi connectivity index (χ1n) is 8.17. The van der Waals surface area contributed by atoms with E-state index in [1.807, 2.05) is 0 Å². The van der Waals surface area contributed by atoms with Crippen LogP contribution in [0.15, 0.2) is 12.1 Å². The molecule has 1 aliphatic carbocycles. The molecule has 0 aromatic carbocycles.